The number of nitro groups is 1. The van der Waals surface area contributed by atoms with E-state index in [1.54, 1.807) is 42.5 Å². The number of aromatic nitrogens is 3. The van der Waals surface area contributed by atoms with Crippen molar-refractivity contribution >= 4 is 62.9 Å². The van der Waals surface area contributed by atoms with Crippen LogP contribution in [0, 0.1) is 10.1 Å². The third kappa shape index (κ3) is 5.74. The van der Waals surface area contributed by atoms with Crippen LogP contribution in [-0.4, -0.2) is 64.3 Å². The van der Waals surface area contributed by atoms with Gasteiger partial charge in [0.1, 0.15) is 22.5 Å². The molecule has 0 spiro atoms. The lowest BCUT2D eigenvalue weighted by atomic mass is 10.1. The number of nitrogens with zero attached hydrogens (tertiary/aromatic N) is 5. The van der Waals surface area contributed by atoms with Crippen molar-refractivity contribution in [2.24, 2.45) is 0 Å². The van der Waals surface area contributed by atoms with Gasteiger partial charge in [-0.05, 0) is 60.7 Å². The Morgan fingerprint density at radius 3 is 2.59 bits per heavy atom. The molecule has 200 valence electrons. The van der Waals surface area contributed by atoms with Gasteiger partial charge in [0.05, 0.1) is 36.0 Å². The van der Waals surface area contributed by atoms with Crippen molar-refractivity contribution in [2.45, 2.75) is 0 Å². The standard InChI is InChI=1S/C25H22ClN7O5S/c1-37-23-7-4-17(14-18(23)26)32-29-19-5-3-16(13-20(19)30-32)27-25(39)28-24(34)15-2-6-21(22(12-15)33(35)36)31-8-10-38-11-9-31/h2-7,12-14H,8-11H2,1H3,(H2,27,28,34,39). The van der Waals surface area contributed by atoms with Gasteiger partial charge in [0.25, 0.3) is 11.6 Å². The Morgan fingerprint density at radius 1 is 1.10 bits per heavy atom. The molecule has 0 unspecified atom stereocenters. The molecule has 3 aromatic carbocycles. The average molecular weight is 568 g/mol. The molecule has 1 aliphatic rings. The van der Waals surface area contributed by atoms with Crippen LogP contribution < -0.4 is 20.3 Å². The average Bonchev–Trinajstić information content (AvgIpc) is 3.36. The maximum absolute atomic E-state index is 12.8. The number of anilines is 2. The van der Waals surface area contributed by atoms with E-state index >= 15 is 0 Å². The normalized spacial score (nSPS) is 13.2. The minimum atomic E-state index is -0.576. The number of nitro benzene ring substituents is 1. The van der Waals surface area contributed by atoms with E-state index in [9.17, 15) is 14.9 Å². The number of morpholine rings is 1. The zero-order valence-electron chi connectivity index (χ0n) is 20.6. The topological polar surface area (TPSA) is 137 Å². The fraction of sp³-hybridized carbons (Fsp3) is 0.200. The summed E-state index contributed by atoms with van der Waals surface area (Å²) in [6.45, 7) is 2.03. The highest BCUT2D eigenvalue weighted by Gasteiger charge is 2.23. The summed E-state index contributed by atoms with van der Waals surface area (Å²) in [5, 5.41) is 26.6. The summed E-state index contributed by atoms with van der Waals surface area (Å²) in [5.41, 5.74) is 2.84. The van der Waals surface area contributed by atoms with Crippen molar-refractivity contribution in [3.05, 3.63) is 75.3 Å². The van der Waals surface area contributed by atoms with E-state index in [0.29, 0.717) is 65.2 Å². The van der Waals surface area contributed by atoms with Gasteiger partial charge in [0.2, 0.25) is 0 Å². The third-order valence-electron chi connectivity index (χ3n) is 6.02. The molecule has 1 aromatic heterocycles. The van der Waals surface area contributed by atoms with Gasteiger partial charge >= 0.3 is 0 Å². The zero-order chi connectivity index (χ0) is 27.5. The fourth-order valence-electron chi connectivity index (χ4n) is 4.11. The van der Waals surface area contributed by atoms with Crippen LogP contribution in [0.4, 0.5) is 17.1 Å². The van der Waals surface area contributed by atoms with Crippen molar-refractivity contribution in [3.63, 3.8) is 0 Å². The smallest absolute Gasteiger partial charge is 0.293 e. The summed E-state index contributed by atoms with van der Waals surface area (Å²) in [4.78, 5) is 27.3. The molecule has 14 heteroatoms. The molecule has 1 fully saturated rings. The molecule has 1 saturated heterocycles. The van der Waals surface area contributed by atoms with Crippen LogP contribution in [0.15, 0.2) is 54.6 Å². The molecule has 0 radical (unpaired) electrons. The van der Waals surface area contributed by atoms with E-state index in [4.69, 9.17) is 33.3 Å². The van der Waals surface area contributed by atoms with Crippen molar-refractivity contribution in [1.82, 2.24) is 20.3 Å². The van der Waals surface area contributed by atoms with Crippen LogP contribution in [0.5, 0.6) is 5.75 Å². The lowest BCUT2D eigenvalue weighted by molar-refractivity contribution is -0.384. The number of ether oxygens (including phenoxy) is 2. The summed E-state index contributed by atoms with van der Waals surface area (Å²) in [7, 11) is 1.54. The lowest BCUT2D eigenvalue weighted by Gasteiger charge is -2.28. The zero-order valence-corrected chi connectivity index (χ0v) is 22.2. The van der Waals surface area contributed by atoms with Gasteiger partial charge < -0.3 is 19.7 Å². The van der Waals surface area contributed by atoms with E-state index in [0.717, 1.165) is 0 Å². The van der Waals surface area contributed by atoms with E-state index in [2.05, 4.69) is 20.8 Å². The van der Waals surface area contributed by atoms with Crippen LogP contribution in [0.3, 0.4) is 0 Å². The number of nitrogens with one attached hydrogen (secondary N) is 2. The van der Waals surface area contributed by atoms with Gasteiger partial charge in [-0.15, -0.1) is 10.2 Å². The summed E-state index contributed by atoms with van der Waals surface area (Å²) in [6.07, 6.45) is 0. The molecule has 1 aliphatic heterocycles. The SMILES string of the molecule is COc1ccc(-n2nc3ccc(NC(=S)NC(=O)c4ccc(N5CCOCC5)c([N+](=O)[O-])c4)cc3n2)cc1Cl. The molecule has 0 bridgehead atoms. The maximum Gasteiger partial charge on any atom is 0.293 e. The van der Waals surface area contributed by atoms with Crippen molar-refractivity contribution < 1.29 is 19.2 Å². The molecule has 5 rings (SSSR count). The number of methoxy groups -OCH3 is 1. The Kier molecular flexibility index (Phi) is 7.54. The van der Waals surface area contributed by atoms with Crippen LogP contribution in [-0.2, 0) is 4.74 Å². The first-order valence-corrected chi connectivity index (χ1v) is 12.6. The van der Waals surface area contributed by atoms with Crippen LogP contribution in [0.1, 0.15) is 10.4 Å². The van der Waals surface area contributed by atoms with Gasteiger partial charge in [0.15, 0.2) is 5.11 Å². The molecule has 12 nitrogen and oxygen atoms in total. The van der Waals surface area contributed by atoms with Gasteiger partial charge in [-0.25, -0.2) is 0 Å². The third-order valence-corrected chi connectivity index (χ3v) is 6.52. The number of fused-ring (bicyclic) bond motifs is 1. The highest BCUT2D eigenvalue weighted by atomic mass is 35.5. The largest absolute Gasteiger partial charge is 0.495 e. The highest BCUT2D eigenvalue weighted by Crippen LogP contribution is 2.30. The van der Waals surface area contributed by atoms with Crippen LogP contribution >= 0.6 is 23.8 Å². The first kappa shape index (κ1) is 26.3. The van der Waals surface area contributed by atoms with E-state index in [-0.39, 0.29) is 16.4 Å². The Labute approximate surface area is 232 Å². The Hall–Kier alpha value is -4.33. The molecule has 1 amide bonds. The Balaban J connectivity index is 1.28. The molecule has 2 heterocycles. The van der Waals surface area contributed by atoms with Crippen LogP contribution in [0.2, 0.25) is 5.02 Å². The maximum atomic E-state index is 12.8. The highest BCUT2D eigenvalue weighted by molar-refractivity contribution is 7.80. The summed E-state index contributed by atoms with van der Waals surface area (Å²) in [5.74, 6) is -0.0330. The molecular weight excluding hydrogens is 546 g/mol. The first-order chi connectivity index (χ1) is 18.8. The number of benzene rings is 3. The molecule has 39 heavy (non-hydrogen) atoms. The fourth-order valence-corrected chi connectivity index (χ4v) is 4.57. The van der Waals surface area contributed by atoms with E-state index in [1.165, 1.54) is 24.0 Å². The number of hydrogen-bond donors (Lipinski definition) is 2. The van der Waals surface area contributed by atoms with Gasteiger partial charge in [-0.2, -0.15) is 4.80 Å². The van der Waals surface area contributed by atoms with Crippen LogP contribution in [0.25, 0.3) is 16.7 Å². The number of hydrogen-bond acceptors (Lipinski definition) is 9. The Bertz CT molecular complexity index is 1590. The molecular formula is C25H22ClN7O5S. The number of amides is 1. The lowest BCUT2D eigenvalue weighted by Crippen LogP contribution is -2.37. The summed E-state index contributed by atoms with van der Waals surface area (Å²) >= 11 is 11.5. The first-order valence-electron chi connectivity index (χ1n) is 11.8. The summed E-state index contributed by atoms with van der Waals surface area (Å²) < 4.78 is 10.5. The van der Waals surface area contributed by atoms with Gasteiger partial charge in [-0.3, -0.25) is 20.2 Å². The van der Waals surface area contributed by atoms with E-state index < -0.39 is 10.8 Å². The number of halogens is 1. The molecule has 4 aromatic rings. The second kappa shape index (κ2) is 11.2. The monoisotopic (exact) mass is 567 g/mol. The van der Waals surface area contributed by atoms with Gasteiger partial charge in [-0.1, -0.05) is 11.6 Å². The number of carbonyl (C=O) groups excluding carboxylic acids is 1. The molecule has 2 N–H and O–H groups in total. The quantitative estimate of drug-likeness (QED) is 0.200. The molecule has 0 aliphatic carbocycles. The minimum absolute atomic E-state index is 0.0218. The van der Waals surface area contributed by atoms with Gasteiger partial charge in [0, 0.05) is 30.4 Å². The number of rotatable bonds is 6. The Morgan fingerprint density at radius 2 is 1.87 bits per heavy atom. The minimum Gasteiger partial charge on any atom is -0.495 e. The number of thiocarbonyl (C=S) groups is 1. The second-order valence-electron chi connectivity index (χ2n) is 8.48. The predicted molar refractivity (Wildman–Crippen MR) is 150 cm³/mol. The van der Waals surface area contributed by atoms with E-state index in [1.807, 2.05) is 4.90 Å². The molecule has 0 atom stereocenters. The molecule has 0 saturated carbocycles. The predicted octanol–water partition coefficient (Wildman–Crippen LogP) is 3.95. The van der Waals surface area contributed by atoms with Crippen molar-refractivity contribution in [3.8, 4) is 11.4 Å². The van der Waals surface area contributed by atoms with Crippen molar-refractivity contribution in [2.75, 3.05) is 43.6 Å². The van der Waals surface area contributed by atoms with Crippen molar-refractivity contribution in [1.29, 1.82) is 0 Å². The summed E-state index contributed by atoms with van der Waals surface area (Å²) in [6, 6.07) is 14.8. The number of carbonyl (C=O) groups is 1. The second-order valence-corrected chi connectivity index (χ2v) is 9.30.